The molecule has 0 saturated carbocycles. The van der Waals surface area contributed by atoms with Gasteiger partial charge in [-0.15, -0.1) is 11.3 Å². The minimum atomic E-state index is -0.751. The van der Waals surface area contributed by atoms with Crippen LogP contribution < -0.4 is 5.32 Å². The van der Waals surface area contributed by atoms with Gasteiger partial charge in [-0.2, -0.15) is 5.26 Å². The zero-order chi connectivity index (χ0) is 24.0. The smallest absolute Gasteiger partial charge is 0.341 e. The molecule has 0 aliphatic rings. The predicted molar refractivity (Wildman–Crippen MR) is 129 cm³/mol. The number of amides is 1. The SMILES string of the molecule is CCOC(=O)c1c(-c2ccc(Br)cc2)csc1NC(=O)/C(C#N)=C\c1cccc([N+](=O)[O-])c1. The Kier molecular flexibility index (Phi) is 7.71. The number of carbonyl (C=O) groups excluding carboxylic acids is 2. The quantitative estimate of drug-likeness (QED) is 0.136. The molecule has 10 heteroatoms. The minimum Gasteiger partial charge on any atom is -0.462 e. The van der Waals surface area contributed by atoms with Crippen molar-refractivity contribution in [3.63, 3.8) is 0 Å². The molecule has 1 N–H and O–H groups in total. The molecule has 3 aromatic rings. The summed E-state index contributed by atoms with van der Waals surface area (Å²) >= 11 is 4.50. The molecule has 0 saturated heterocycles. The Balaban J connectivity index is 1.96. The fourth-order valence-electron chi connectivity index (χ4n) is 2.91. The number of nitriles is 1. The lowest BCUT2D eigenvalue weighted by molar-refractivity contribution is -0.384. The fraction of sp³-hybridized carbons (Fsp3) is 0.0870. The van der Waals surface area contributed by atoms with E-state index in [1.165, 1.54) is 24.3 Å². The molecule has 0 aliphatic heterocycles. The Morgan fingerprint density at radius 3 is 2.64 bits per heavy atom. The van der Waals surface area contributed by atoms with E-state index in [1.54, 1.807) is 24.4 Å². The van der Waals surface area contributed by atoms with Crippen LogP contribution >= 0.6 is 27.3 Å². The highest BCUT2D eigenvalue weighted by atomic mass is 79.9. The van der Waals surface area contributed by atoms with Crippen molar-refractivity contribution in [2.24, 2.45) is 0 Å². The predicted octanol–water partition coefficient (Wildman–Crippen LogP) is 5.81. The molecule has 0 fully saturated rings. The number of esters is 1. The van der Waals surface area contributed by atoms with Crippen molar-refractivity contribution in [1.82, 2.24) is 0 Å². The van der Waals surface area contributed by atoms with Gasteiger partial charge in [-0.05, 0) is 36.3 Å². The van der Waals surface area contributed by atoms with Crippen LogP contribution in [0, 0.1) is 21.4 Å². The van der Waals surface area contributed by atoms with Crippen molar-refractivity contribution in [2.75, 3.05) is 11.9 Å². The van der Waals surface area contributed by atoms with Crippen LogP contribution in [0.5, 0.6) is 0 Å². The van der Waals surface area contributed by atoms with E-state index in [0.717, 1.165) is 21.4 Å². The molecule has 0 radical (unpaired) electrons. The van der Waals surface area contributed by atoms with E-state index >= 15 is 0 Å². The Morgan fingerprint density at radius 1 is 1.27 bits per heavy atom. The second kappa shape index (κ2) is 10.7. The number of nitro groups is 1. The lowest BCUT2D eigenvalue weighted by atomic mass is 10.0. The normalized spacial score (nSPS) is 10.9. The summed E-state index contributed by atoms with van der Waals surface area (Å²) in [6.07, 6.45) is 1.25. The standard InChI is InChI=1S/C23H16BrN3O5S/c1-2-32-23(29)20-19(15-6-8-17(24)9-7-15)13-33-22(20)26-21(28)16(12-25)10-14-4-3-5-18(11-14)27(30)31/h3-11,13H,2H2,1H3,(H,26,28)/b16-10-. The maximum absolute atomic E-state index is 12.8. The number of hydrogen-bond donors (Lipinski definition) is 1. The van der Waals surface area contributed by atoms with E-state index in [9.17, 15) is 25.0 Å². The summed E-state index contributed by atoms with van der Waals surface area (Å²) in [7, 11) is 0. The van der Waals surface area contributed by atoms with Crippen LogP contribution in [0.4, 0.5) is 10.7 Å². The third-order valence-corrected chi connectivity index (χ3v) is 5.83. The molecule has 0 bridgehead atoms. The summed E-state index contributed by atoms with van der Waals surface area (Å²) < 4.78 is 6.05. The van der Waals surface area contributed by atoms with E-state index in [0.29, 0.717) is 11.1 Å². The van der Waals surface area contributed by atoms with Crippen LogP contribution in [0.25, 0.3) is 17.2 Å². The number of nitro benzene ring substituents is 1. The number of carbonyl (C=O) groups is 2. The molecule has 0 spiro atoms. The molecule has 166 valence electrons. The number of non-ortho nitro benzene ring substituents is 1. The Morgan fingerprint density at radius 2 is 2.00 bits per heavy atom. The van der Waals surface area contributed by atoms with Gasteiger partial charge in [0.05, 0.1) is 11.5 Å². The zero-order valence-electron chi connectivity index (χ0n) is 17.2. The summed E-state index contributed by atoms with van der Waals surface area (Å²) in [4.78, 5) is 35.9. The average molecular weight is 526 g/mol. The van der Waals surface area contributed by atoms with Gasteiger partial charge < -0.3 is 10.1 Å². The maximum Gasteiger partial charge on any atom is 0.341 e. The van der Waals surface area contributed by atoms with Gasteiger partial charge in [-0.1, -0.05) is 40.2 Å². The first-order valence-corrected chi connectivity index (χ1v) is 11.2. The van der Waals surface area contributed by atoms with Crippen LogP contribution in [-0.4, -0.2) is 23.4 Å². The Labute approximate surface area is 201 Å². The van der Waals surface area contributed by atoms with Crippen LogP contribution in [0.2, 0.25) is 0 Å². The number of thiophene rings is 1. The number of ether oxygens (including phenoxy) is 1. The van der Waals surface area contributed by atoms with E-state index in [1.807, 2.05) is 24.3 Å². The number of rotatable bonds is 7. The third kappa shape index (κ3) is 5.71. The van der Waals surface area contributed by atoms with E-state index in [4.69, 9.17) is 4.74 Å². The summed E-state index contributed by atoms with van der Waals surface area (Å²) in [6, 6.07) is 14.7. The second-order valence-corrected chi connectivity index (χ2v) is 8.35. The highest BCUT2D eigenvalue weighted by Gasteiger charge is 2.24. The van der Waals surface area contributed by atoms with Gasteiger partial charge in [-0.25, -0.2) is 4.79 Å². The fourth-order valence-corrected chi connectivity index (χ4v) is 4.13. The molecule has 3 rings (SSSR count). The number of hydrogen-bond acceptors (Lipinski definition) is 7. The Bertz CT molecular complexity index is 1290. The highest BCUT2D eigenvalue weighted by Crippen LogP contribution is 2.37. The molecule has 8 nitrogen and oxygen atoms in total. The highest BCUT2D eigenvalue weighted by molar-refractivity contribution is 9.10. The number of anilines is 1. The first kappa shape index (κ1) is 23.8. The molecule has 0 aliphatic carbocycles. The third-order valence-electron chi connectivity index (χ3n) is 4.41. The summed E-state index contributed by atoms with van der Waals surface area (Å²) in [5.74, 6) is -1.35. The van der Waals surface area contributed by atoms with Gasteiger partial charge in [0.1, 0.15) is 22.2 Å². The number of nitrogens with one attached hydrogen (secondary N) is 1. The minimum absolute atomic E-state index is 0.151. The summed E-state index contributed by atoms with van der Waals surface area (Å²) in [5.41, 5.74) is 1.41. The number of benzene rings is 2. The molecule has 2 aromatic carbocycles. The molecule has 1 amide bonds. The topological polar surface area (TPSA) is 122 Å². The van der Waals surface area contributed by atoms with Gasteiger partial charge in [0, 0.05) is 27.5 Å². The first-order chi connectivity index (χ1) is 15.8. The molecule has 1 aromatic heterocycles. The second-order valence-electron chi connectivity index (χ2n) is 6.56. The molecular weight excluding hydrogens is 510 g/mol. The van der Waals surface area contributed by atoms with Gasteiger partial charge in [-0.3, -0.25) is 14.9 Å². The van der Waals surface area contributed by atoms with E-state index in [-0.39, 0.29) is 28.4 Å². The molecule has 0 unspecified atom stereocenters. The summed E-state index contributed by atoms with van der Waals surface area (Å²) in [6.45, 7) is 1.83. The monoisotopic (exact) mass is 525 g/mol. The van der Waals surface area contributed by atoms with Crippen LogP contribution in [0.3, 0.4) is 0 Å². The Hall–Kier alpha value is -3.81. The zero-order valence-corrected chi connectivity index (χ0v) is 19.6. The van der Waals surface area contributed by atoms with Crippen LogP contribution in [-0.2, 0) is 9.53 Å². The molecular formula is C23H16BrN3O5S. The maximum atomic E-state index is 12.8. The van der Waals surface area contributed by atoms with Crippen LogP contribution in [0.1, 0.15) is 22.8 Å². The lowest BCUT2D eigenvalue weighted by Crippen LogP contribution is -2.16. The molecule has 1 heterocycles. The van der Waals surface area contributed by atoms with Crippen molar-refractivity contribution in [1.29, 1.82) is 5.26 Å². The lowest BCUT2D eigenvalue weighted by Gasteiger charge is -2.09. The van der Waals surface area contributed by atoms with E-state index in [2.05, 4.69) is 21.2 Å². The van der Waals surface area contributed by atoms with Gasteiger partial charge in [0.15, 0.2) is 0 Å². The first-order valence-electron chi connectivity index (χ1n) is 9.56. The van der Waals surface area contributed by atoms with Gasteiger partial charge in [0.2, 0.25) is 0 Å². The number of nitrogens with zero attached hydrogens (tertiary/aromatic N) is 2. The number of halogens is 1. The van der Waals surface area contributed by atoms with Crippen molar-refractivity contribution in [3.8, 4) is 17.2 Å². The van der Waals surface area contributed by atoms with Crippen LogP contribution in [0.15, 0.2) is 64.0 Å². The average Bonchev–Trinajstić information content (AvgIpc) is 3.21. The van der Waals surface area contributed by atoms with Crippen molar-refractivity contribution in [2.45, 2.75) is 6.92 Å². The van der Waals surface area contributed by atoms with Gasteiger partial charge >= 0.3 is 5.97 Å². The van der Waals surface area contributed by atoms with E-state index < -0.39 is 16.8 Å². The van der Waals surface area contributed by atoms with Crippen molar-refractivity contribution >= 4 is 55.9 Å². The van der Waals surface area contributed by atoms with Crippen molar-refractivity contribution in [3.05, 3.63) is 85.2 Å². The molecule has 0 atom stereocenters. The van der Waals surface area contributed by atoms with Crippen molar-refractivity contribution < 1.29 is 19.2 Å². The molecule has 33 heavy (non-hydrogen) atoms. The summed E-state index contributed by atoms with van der Waals surface area (Å²) in [5, 5.41) is 25.0. The largest absolute Gasteiger partial charge is 0.462 e. The van der Waals surface area contributed by atoms with Gasteiger partial charge in [0.25, 0.3) is 11.6 Å².